The molecule has 12 aromatic carbocycles. The van der Waals surface area contributed by atoms with Gasteiger partial charge in [0.25, 0.3) is 20.1 Å². The summed E-state index contributed by atoms with van der Waals surface area (Å²) in [7, 11) is 0. The van der Waals surface area contributed by atoms with Gasteiger partial charge < -0.3 is 28.9 Å². The second-order valence-corrected chi connectivity index (χ2v) is 25.9. The molecular weight excluding hydrogens is 1140 g/mol. The summed E-state index contributed by atoms with van der Waals surface area (Å²) in [4.78, 5) is 24.2. The lowest BCUT2D eigenvalue weighted by molar-refractivity contribution is 0.487. The van der Waals surface area contributed by atoms with E-state index in [0.29, 0.717) is 17.5 Å². The number of fused-ring (bicyclic) bond motifs is 12. The van der Waals surface area contributed by atoms with Gasteiger partial charge in [-0.2, -0.15) is 0 Å². The van der Waals surface area contributed by atoms with Gasteiger partial charge in [0.2, 0.25) is 0 Å². The Balaban J connectivity index is 0.854. The van der Waals surface area contributed by atoms with Crippen LogP contribution in [-0.2, 0) is 0 Å². The Hall–Kier alpha value is -11.4. The van der Waals surface area contributed by atoms with E-state index in [-0.39, 0.29) is 20.1 Å². The van der Waals surface area contributed by atoms with Crippen LogP contribution in [0.25, 0.3) is 34.2 Å². The van der Waals surface area contributed by atoms with Crippen molar-refractivity contribution in [2.75, 3.05) is 14.7 Å². The third kappa shape index (κ3) is 8.20. The van der Waals surface area contributed by atoms with Gasteiger partial charge in [0.05, 0.1) is 0 Å². The van der Waals surface area contributed by atoms with E-state index >= 15 is 0 Å². The standard InChI is InChI=1S/C81H57B3N6O3/c1-46-16-28-55(29-17-46)88-64-34-25-52(43-58(64)82-61-40-49(4)22-37-70(61)91-73-13-7-10-67(88)76(73)82)79-85-80(53-26-35-65-59(44-53)83-62-41-50(5)23-38-71(62)92-74-14-8-11-68(77(74)83)89(65)56-30-18-47(2)19-31-56)87-81(86-79)54-27-36-66-60(45-54)84-63-42-51(6)24-39-72(63)93-75-15-9-12-69(78(75)84)90(66)57-32-20-48(3)21-33-57/h7-45H,1-6H3. The second kappa shape index (κ2) is 20.1. The minimum absolute atomic E-state index is 0.149. The number of aromatic nitrogens is 3. The SMILES string of the molecule is Cc1ccc(N2c3ccc(-c4nc(-c5ccc6c(c5)B5c7cc(C)ccc7Oc7cccc(c75)N6c5ccc(C)cc5)nc(-c5ccc6c(c5)B5c7cc(C)ccc7Oc7cccc(c75)N6c5ccc(C)cc5)n4)cc3B3c4cc(C)ccc4Oc4cccc2c43)cc1. The maximum atomic E-state index is 6.86. The summed E-state index contributed by atoms with van der Waals surface area (Å²) in [6.07, 6.45) is 0. The number of benzene rings is 12. The Labute approximate surface area is 541 Å². The molecule has 1 aromatic heterocycles. The van der Waals surface area contributed by atoms with E-state index in [2.05, 4.69) is 293 Å². The van der Waals surface area contributed by atoms with Crippen LogP contribution in [0.15, 0.2) is 237 Å². The zero-order valence-corrected chi connectivity index (χ0v) is 52.2. The summed E-state index contributed by atoms with van der Waals surface area (Å²) in [5.41, 5.74) is 29.6. The van der Waals surface area contributed by atoms with Gasteiger partial charge in [-0.3, -0.25) is 0 Å². The van der Waals surface area contributed by atoms with E-state index in [9.17, 15) is 0 Å². The van der Waals surface area contributed by atoms with E-state index in [1.165, 1.54) is 33.4 Å². The highest BCUT2D eigenvalue weighted by Gasteiger charge is 2.46. The first kappa shape index (κ1) is 53.5. The molecule has 438 valence electrons. The summed E-state index contributed by atoms with van der Waals surface area (Å²) in [5, 5.41) is 0. The average Bonchev–Trinajstić information content (AvgIpc) is 1.43. The molecule has 6 aliphatic rings. The molecule has 93 heavy (non-hydrogen) atoms. The fraction of sp³-hybridized carbons (Fsp3) is 0.0741. The molecular formula is C81H57B3N6O3. The number of aryl methyl sites for hydroxylation is 6. The predicted molar refractivity (Wildman–Crippen MR) is 382 cm³/mol. The topological polar surface area (TPSA) is 76.1 Å². The molecule has 0 radical (unpaired) electrons. The molecule has 0 unspecified atom stereocenters. The van der Waals surface area contributed by atoms with Gasteiger partial charge in [0, 0.05) is 67.9 Å². The minimum Gasteiger partial charge on any atom is -0.458 e. The molecule has 0 N–H and O–H groups in total. The van der Waals surface area contributed by atoms with E-state index in [0.717, 1.165) is 152 Å². The largest absolute Gasteiger partial charge is 0.458 e. The predicted octanol–water partition coefficient (Wildman–Crippen LogP) is 13.9. The van der Waals surface area contributed by atoms with Crippen LogP contribution in [0.1, 0.15) is 33.4 Å². The van der Waals surface area contributed by atoms with E-state index in [1.807, 2.05) is 0 Å². The third-order valence-corrected chi connectivity index (χ3v) is 19.8. The number of hydrogen-bond acceptors (Lipinski definition) is 9. The Morgan fingerprint density at radius 3 is 0.817 bits per heavy atom. The number of anilines is 9. The van der Waals surface area contributed by atoms with Crippen molar-refractivity contribution in [2.24, 2.45) is 0 Å². The lowest BCUT2D eigenvalue weighted by Crippen LogP contribution is -2.59. The third-order valence-electron chi connectivity index (χ3n) is 19.8. The normalized spacial score (nSPS) is 13.6. The van der Waals surface area contributed by atoms with E-state index in [4.69, 9.17) is 29.2 Å². The monoisotopic (exact) mass is 1190 g/mol. The molecule has 9 nitrogen and oxygen atoms in total. The lowest BCUT2D eigenvalue weighted by Gasteiger charge is -2.40. The number of rotatable bonds is 6. The first-order valence-electron chi connectivity index (χ1n) is 32.1. The molecule has 0 saturated heterocycles. The highest BCUT2D eigenvalue weighted by atomic mass is 16.5. The van der Waals surface area contributed by atoms with Crippen molar-refractivity contribution in [1.29, 1.82) is 0 Å². The van der Waals surface area contributed by atoms with Crippen LogP contribution in [0.3, 0.4) is 0 Å². The Morgan fingerprint density at radius 1 is 0.247 bits per heavy atom. The molecule has 0 spiro atoms. The molecule has 0 fully saturated rings. The molecule has 12 heteroatoms. The van der Waals surface area contributed by atoms with Crippen molar-refractivity contribution in [1.82, 2.24) is 15.0 Å². The fourth-order valence-corrected chi connectivity index (χ4v) is 15.5. The van der Waals surface area contributed by atoms with Crippen molar-refractivity contribution in [3.05, 3.63) is 270 Å². The summed E-state index contributed by atoms with van der Waals surface area (Å²) >= 11 is 0. The molecule has 19 rings (SSSR count). The van der Waals surface area contributed by atoms with Crippen LogP contribution in [0.4, 0.5) is 51.2 Å². The highest BCUT2D eigenvalue weighted by Crippen LogP contribution is 2.46. The van der Waals surface area contributed by atoms with E-state index in [1.54, 1.807) is 0 Å². The summed E-state index contributed by atoms with van der Waals surface area (Å²) in [6, 6.07) is 85.9. The first-order chi connectivity index (χ1) is 45.5. The van der Waals surface area contributed by atoms with Gasteiger partial charge in [-0.25, -0.2) is 15.0 Å². The average molecular weight is 1190 g/mol. The summed E-state index contributed by atoms with van der Waals surface area (Å²) in [5.74, 6) is 6.81. The van der Waals surface area contributed by atoms with Gasteiger partial charge in [-0.05, 0) is 218 Å². The fourth-order valence-electron chi connectivity index (χ4n) is 15.5. The van der Waals surface area contributed by atoms with Crippen LogP contribution >= 0.6 is 0 Å². The maximum Gasteiger partial charge on any atom is 0.256 e. The van der Waals surface area contributed by atoms with Gasteiger partial charge in [-0.1, -0.05) is 143 Å². The van der Waals surface area contributed by atoms with Gasteiger partial charge >= 0.3 is 0 Å². The molecule has 0 atom stereocenters. The number of nitrogens with zero attached hydrogens (tertiary/aromatic N) is 6. The zero-order chi connectivity index (χ0) is 62.1. The van der Waals surface area contributed by atoms with Crippen molar-refractivity contribution in [3.63, 3.8) is 0 Å². The smallest absolute Gasteiger partial charge is 0.256 e. The molecule has 0 aliphatic carbocycles. The van der Waals surface area contributed by atoms with Crippen molar-refractivity contribution < 1.29 is 14.2 Å². The highest BCUT2D eigenvalue weighted by molar-refractivity contribution is 7.01. The maximum absolute atomic E-state index is 6.86. The molecule has 7 heterocycles. The molecule has 6 aliphatic heterocycles. The van der Waals surface area contributed by atoms with Crippen molar-refractivity contribution in [3.8, 4) is 68.7 Å². The lowest BCUT2D eigenvalue weighted by atomic mass is 9.34. The molecule has 13 aromatic rings. The Morgan fingerprint density at radius 2 is 0.527 bits per heavy atom. The molecule has 0 amide bonds. The second-order valence-electron chi connectivity index (χ2n) is 25.9. The van der Waals surface area contributed by atoms with Gasteiger partial charge in [0.1, 0.15) is 34.5 Å². The Kier molecular flexibility index (Phi) is 11.5. The minimum atomic E-state index is -0.149. The van der Waals surface area contributed by atoms with Crippen LogP contribution in [0, 0.1) is 41.5 Å². The van der Waals surface area contributed by atoms with Crippen molar-refractivity contribution in [2.45, 2.75) is 41.5 Å². The summed E-state index contributed by atoms with van der Waals surface area (Å²) in [6.45, 7) is 12.4. The van der Waals surface area contributed by atoms with Crippen LogP contribution in [0.5, 0.6) is 34.5 Å². The van der Waals surface area contributed by atoms with Gasteiger partial charge in [0.15, 0.2) is 17.5 Å². The van der Waals surface area contributed by atoms with Crippen LogP contribution in [0.2, 0.25) is 0 Å². The molecule has 0 bridgehead atoms. The van der Waals surface area contributed by atoms with Crippen molar-refractivity contribution >= 4 is 120 Å². The zero-order valence-electron chi connectivity index (χ0n) is 52.2. The quantitative estimate of drug-likeness (QED) is 0.151. The van der Waals surface area contributed by atoms with Gasteiger partial charge in [-0.15, -0.1) is 0 Å². The Bertz CT molecular complexity index is 4850. The summed E-state index contributed by atoms with van der Waals surface area (Å²) < 4.78 is 20.6. The van der Waals surface area contributed by atoms with E-state index < -0.39 is 0 Å². The molecule has 0 saturated carbocycles. The number of hydrogen-bond donors (Lipinski definition) is 0. The first-order valence-corrected chi connectivity index (χ1v) is 32.1. The number of ether oxygens (including phenoxy) is 3. The van der Waals surface area contributed by atoms with Crippen LogP contribution < -0.4 is 78.1 Å². The van der Waals surface area contributed by atoms with Crippen LogP contribution in [-0.4, -0.2) is 35.1 Å².